The van der Waals surface area contributed by atoms with E-state index in [2.05, 4.69) is 10.3 Å². The van der Waals surface area contributed by atoms with Gasteiger partial charge in [0.05, 0.1) is 5.69 Å². The first kappa shape index (κ1) is 18.6. The van der Waals surface area contributed by atoms with Gasteiger partial charge in [-0.25, -0.2) is 4.68 Å². The van der Waals surface area contributed by atoms with E-state index in [9.17, 15) is 4.79 Å². The molecule has 0 radical (unpaired) electrons. The maximum Gasteiger partial charge on any atom is 0.281 e. The van der Waals surface area contributed by atoms with Crippen molar-refractivity contribution in [3.8, 4) is 16.9 Å². The molecule has 0 saturated heterocycles. The van der Waals surface area contributed by atoms with E-state index < -0.39 is 0 Å². The van der Waals surface area contributed by atoms with E-state index in [0.29, 0.717) is 17.9 Å². The Labute approximate surface area is 170 Å². The van der Waals surface area contributed by atoms with E-state index in [4.69, 9.17) is 0 Å². The first-order valence-electron chi connectivity index (χ1n) is 9.64. The van der Waals surface area contributed by atoms with E-state index in [1.165, 1.54) is 0 Å². The van der Waals surface area contributed by atoms with Crippen molar-refractivity contribution in [3.63, 3.8) is 0 Å². The zero-order chi connectivity index (χ0) is 20.2. The summed E-state index contributed by atoms with van der Waals surface area (Å²) in [4.78, 5) is 15.3. The van der Waals surface area contributed by atoms with Crippen molar-refractivity contribution in [1.82, 2.24) is 15.0 Å². The Bertz CT molecular complexity index is 1120. The van der Waals surface area contributed by atoms with Crippen molar-refractivity contribution in [1.29, 1.82) is 0 Å². The van der Waals surface area contributed by atoms with E-state index in [0.717, 1.165) is 22.5 Å². The second-order valence-corrected chi connectivity index (χ2v) is 6.79. The smallest absolute Gasteiger partial charge is 0.281 e. The number of carbonyl (C=O) groups is 1. The molecular weight excluding hydrogens is 360 g/mol. The number of aryl methyl sites for hydroxylation is 1. The van der Waals surface area contributed by atoms with E-state index in [1.807, 2.05) is 98.8 Å². The molecule has 0 saturated carbocycles. The zero-order valence-corrected chi connectivity index (χ0v) is 16.5. The highest BCUT2D eigenvalue weighted by atomic mass is 16.2. The maximum absolute atomic E-state index is 13.5. The summed E-state index contributed by atoms with van der Waals surface area (Å²) < 4.78 is 1.73. The number of nitrogens with zero attached hydrogens (tertiary/aromatic N) is 4. The van der Waals surface area contributed by atoms with Gasteiger partial charge in [-0.05, 0) is 43.7 Å². The molecule has 0 unspecified atom stereocenters. The predicted octanol–water partition coefficient (Wildman–Crippen LogP) is 4.91. The third-order valence-electron chi connectivity index (χ3n) is 4.80. The van der Waals surface area contributed by atoms with Gasteiger partial charge >= 0.3 is 0 Å². The van der Waals surface area contributed by atoms with Crippen LogP contribution in [0.4, 0.5) is 5.69 Å². The second-order valence-electron chi connectivity index (χ2n) is 6.79. The Morgan fingerprint density at radius 2 is 1.62 bits per heavy atom. The summed E-state index contributed by atoms with van der Waals surface area (Å²) in [6.45, 7) is 4.52. The second kappa shape index (κ2) is 8.10. The van der Waals surface area contributed by atoms with Crippen LogP contribution >= 0.6 is 0 Å². The van der Waals surface area contributed by atoms with Gasteiger partial charge in [-0.2, -0.15) is 0 Å². The molecule has 1 amide bonds. The minimum absolute atomic E-state index is 0.167. The van der Waals surface area contributed by atoms with Crippen LogP contribution in [-0.4, -0.2) is 27.4 Å². The predicted molar refractivity (Wildman–Crippen MR) is 115 cm³/mol. The van der Waals surface area contributed by atoms with Crippen LogP contribution in [0.5, 0.6) is 0 Å². The summed E-state index contributed by atoms with van der Waals surface area (Å²) >= 11 is 0. The summed E-state index contributed by atoms with van der Waals surface area (Å²) in [5.74, 6) is -0.167. The molecule has 3 aromatic carbocycles. The van der Waals surface area contributed by atoms with Crippen molar-refractivity contribution < 1.29 is 4.79 Å². The largest absolute Gasteiger partial charge is 0.307 e. The number of benzene rings is 3. The van der Waals surface area contributed by atoms with Gasteiger partial charge in [0.2, 0.25) is 0 Å². The lowest BCUT2D eigenvalue weighted by molar-refractivity contribution is 0.0984. The number of para-hydroxylation sites is 1. The monoisotopic (exact) mass is 382 g/mol. The Hall–Kier alpha value is -3.73. The van der Waals surface area contributed by atoms with Gasteiger partial charge < -0.3 is 4.90 Å². The molecule has 29 heavy (non-hydrogen) atoms. The van der Waals surface area contributed by atoms with Crippen LogP contribution < -0.4 is 4.90 Å². The normalized spacial score (nSPS) is 10.7. The quantitative estimate of drug-likeness (QED) is 0.493. The molecule has 0 N–H and O–H groups in total. The lowest BCUT2D eigenvalue weighted by Crippen LogP contribution is -2.31. The first-order chi connectivity index (χ1) is 14.2. The van der Waals surface area contributed by atoms with Crippen molar-refractivity contribution in [2.24, 2.45) is 0 Å². The lowest BCUT2D eigenvalue weighted by atomic mass is 10.1. The van der Waals surface area contributed by atoms with Crippen LogP contribution in [0.1, 0.15) is 23.0 Å². The van der Waals surface area contributed by atoms with Crippen molar-refractivity contribution >= 4 is 11.6 Å². The minimum atomic E-state index is -0.167. The highest BCUT2D eigenvalue weighted by Crippen LogP contribution is 2.27. The Kier molecular flexibility index (Phi) is 5.20. The fourth-order valence-corrected chi connectivity index (χ4v) is 3.40. The minimum Gasteiger partial charge on any atom is -0.307 e. The van der Waals surface area contributed by atoms with E-state index in [-0.39, 0.29) is 5.91 Å². The average Bonchev–Trinajstić information content (AvgIpc) is 3.21. The lowest BCUT2D eigenvalue weighted by Gasteiger charge is -2.21. The molecule has 1 aromatic heterocycles. The third kappa shape index (κ3) is 3.67. The van der Waals surface area contributed by atoms with Crippen LogP contribution in [0.3, 0.4) is 0 Å². The number of hydrogen-bond acceptors (Lipinski definition) is 3. The van der Waals surface area contributed by atoms with E-state index in [1.54, 1.807) is 9.58 Å². The summed E-state index contributed by atoms with van der Waals surface area (Å²) in [6, 6.07) is 27.4. The van der Waals surface area contributed by atoms with Crippen LogP contribution in [0.2, 0.25) is 0 Å². The molecule has 4 aromatic rings. The molecule has 5 heteroatoms. The number of hydrogen-bond donors (Lipinski definition) is 0. The Balaban J connectivity index is 1.85. The molecule has 1 heterocycles. The molecule has 0 fully saturated rings. The Morgan fingerprint density at radius 3 is 2.28 bits per heavy atom. The fraction of sp³-hybridized carbons (Fsp3) is 0.125. The maximum atomic E-state index is 13.5. The van der Waals surface area contributed by atoms with Crippen molar-refractivity contribution in [2.75, 3.05) is 11.4 Å². The summed E-state index contributed by atoms with van der Waals surface area (Å²) in [7, 11) is 0. The number of anilines is 1. The van der Waals surface area contributed by atoms with Gasteiger partial charge in [0, 0.05) is 17.8 Å². The Morgan fingerprint density at radius 1 is 0.931 bits per heavy atom. The van der Waals surface area contributed by atoms with E-state index >= 15 is 0 Å². The molecule has 144 valence electrons. The molecule has 0 aliphatic rings. The number of rotatable bonds is 5. The third-order valence-corrected chi connectivity index (χ3v) is 4.80. The van der Waals surface area contributed by atoms with Crippen molar-refractivity contribution in [2.45, 2.75) is 13.8 Å². The molecule has 4 rings (SSSR count). The summed E-state index contributed by atoms with van der Waals surface area (Å²) in [5.41, 5.74) is 4.73. The molecule has 0 spiro atoms. The summed E-state index contributed by atoms with van der Waals surface area (Å²) in [6.07, 6.45) is 0. The topological polar surface area (TPSA) is 51.0 Å². The molecule has 0 aliphatic carbocycles. The van der Waals surface area contributed by atoms with Crippen LogP contribution in [0.15, 0.2) is 84.9 Å². The first-order valence-corrected chi connectivity index (χ1v) is 9.64. The standard InChI is InChI=1S/C24H22N4O/c1-3-27(21-16-10-11-18(2)17-21)24(29)22-23(19-12-6-4-7-13-19)28(26-25-22)20-14-8-5-9-15-20/h4-17H,3H2,1-2H3. The molecule has 0 bridgehead atoms. The van der Waals surface area contributed by atoms with Gasteiger partial charge in [-0.3, -0.25) is 4.79 Å². The molecular formula is C24H22N4O. The van der Waals surface area contributed by atoms with Gasteiger partial charge in [0.15, 0.2) is 5.69 Å². The van der Waals surface area contributed by atoms with Crippen LogP contribution in [0, 0.1) is 6.92 Å². The molecule has 0 atom stereocenters. The number of amides is 1. The van der Waals surface area contributed by atoms with Gasteiger partial charge in [-0.1, -0.05) is 65.9 Å². The zero-order valence-electron chi connectivity index (χ0n) is 16.5. The average molecular weight is 382 g/mol. The molecule has 0 aliphatic heterocycles. The van der Waals surface area contributed by atoms with Gasteiger partial charge in [0.25, 0.3) is 5.91 Å². The fourth-order valence-electron chi connectivity index (χ4n) is 3.40. The van der Waals surface area contributed by atoms with Crippen LogP contribution in [-0.2, 0) is 0 Å². The SMILES string of the molecule is CCN(C(=O)c1nnn(-c2ccccc2)c1-c1ccccc1)c1cccc(C)c1. The number of carbonyl (C=O) groups excluding carboxylic acids is 1. The highest BCUT2D eigenvalue weighted by molar-refractivity contribution is 6.08. The van der Waals surface area contributed by atoms with Gasteiger partial charge in [0.1, 0.15) is 5.69 Å². The molecule has 5 nitrogen and oxygen atoms in total. The van der Waals surface area contributed by atoms with Crippen LogP contribution in [0.25, 0.3) is 16.9 Å². The summed E-state index contributed by atoms with van der Waals surface area (Å²) in [5, 5.41) is 8.64. The van der Waals surface area contributed by atoms with Gasteiger partial charge in [-0.15, -0.1) is 5.10 Å². The highest BCUT2D eigenvalue weighted by Gasteiger charge is 2.26. The van der Waals surface area contributed by atoms with Crippen molar-refractivity contribution in [3.05, 3.63) is 96.2 Å². The number of aromatic nitrogens is 3.